The van der Waals surface area contributed by atoms with E-state index in [9.17, 15) is 4.79 Å². The van der Waals surface area contributed by atoms with Gasteiger partial charge in [0.05, 0.1) is 30.2 Å². The molecular weight excluding hydrogens is 218 g/mol. The number of nitrogens with zero attached hydrogens (tertiary/aromatic N) is 3. The van der Waals surface area contributed by atoms with Crippen molar-refractivity contribution >= 4 is 11.7 Å². The highest BCUT2D eigenvalue weighted by molar-refractivity contribution is 5.96. The van der Waals surface area contributed by atoms with Gasteiger partial charge in [0.15, 0.2) is 5.78 Å². The fraction of sp³-hybridized carbons (Fsp3) is 0.583. The highest BCUT2D eigenvalue weighted by Gasteiger charge is 2.18. The van der Waals surface area contributed by atoms with Gasteiger partial charge in [0.2, 0.25) is 5.95 Å². The molecule has 0 amide bonds. The number of rotatable bonds is 2. The molecule has 17 heavy (non-hydrogen) atoms. The molecule has 0 aromatic carbocycles. The lowest BCUT2D eigenvalue weighted by Crippen LogP contribution is -2.37. The first-order valence-corrected chi connectivity index (χ1v) is 5.78. The number of carbonyl (C=O) groups excluding carboxylic acids is 1. The van der Waals surface area contributed by atoms with E-state index in [1.165, 1.54) is 0 Å². The maximum Gasteiger partial charge on any atom is 0.225 e. The fourth-order valence-electron chi connectivity index (χ4n) is 2.11. The van der Waals surface area contributed by atoms with E-state index < -0.39 is 0 Å². The Morgan fingerprint density at radius 2 is 1.71 bits per heavy atom. The van der Waals surface area contributed by atoms with E-state index in [-0.39, 0.29) is 5.78 Å². The van der Waals surface area contributed by atoms with Crippen molar-refractivity contribution in [3.63, 3.8) is 0 Å². The molecule has 92 valence electrons. The maximum absolute atomic E-state index is 11.5. The molecule has 2 rings (SSSR count). The summed E-state index contributed by atoms with van der Waals surface area (Å²) in [6, 6.07) is 0. The van der Waals surface area contributed by atoms with Crippen LogP contribution in [0.2, 0.25) is 0 Å². The van der Waals surface area contributed by atoms with Crippen LogP contribution >= 0.6 is 0 Å². The van der Waals surface area contributed by atoms with Crippen LogP contribution in [-0.4, -0.2) is 42.1 Å². The molecule has 1 aromatic rings. The molecule has 1 aromatic heterocycles. The largest absolute Gasteiger partial charge is 0.378 e. The molecule has 0 atom stereocenters. The molecule has 0 bridgehead atoms. The van der Waals surface area contributed by atoms with Crippen LogP contribution in [0, 0.1) is 13.8 Å². The van der Waals surface area contributed by atoms with Crippen LogP contribution in [0.25, 0.3) is 0 Å². The molecule has 0 N–H and O–H groups in total. The average molecular weight is 235 g/mol. The van der Waals surface area contributed by atoms with Crippen molar-refractivity contribution in [3.8, 4) is 0 Å². The lowest BCUT2D eigenvalue weighted by molar-refractivity contribution is 0.101. The third kappa shape index (κ3) is 2.44. The fourth-order valence-corrected chi connectivity index (χ4v) is 2.11. The Morgan fingerprint density at radius 3 is 2.18 bits per heavy atom. The molecule has 1 aliphatic rings. The smallest absolute Gasteiger partial charge is 0.225 e. The van der Waals surface area contributed by atoms with Gasteiger partial charge in [-0.15, -0.1) is 0 Å². The van der Waals surface area contributed by atoms with Crippen molar-refractivity contribution in [3.05, 3.63) is 17.0 Å². The summed E-state index contributed by atoms with van der Waals surface area (Å²) >= 11 is 0. The zero-order valence-electron chi connectivity index (χ0n) is 10.5. The molecule has 0 aliphatic carbocycles. The summed E-state index contributed by atoms with van der Waals surface area (Å²) in [5.41, 5.74) is 2.15. The number of aryl methyl sites for hydroxylation is 2. The second kappa shape index (κ2) is 4.79. The molecule has 1 saturated heterocycles. The van der Waals surface area contributed by atoms with Crippen LogP contribution in [0.1, 0.15) is 28.7 Å². The molecule has 0 saturated carbocycles. The number of anilines is 1. The number of Topliss-reactive ketones (excluding diaryl/α,β-unsaturated/α-hetero) is 1. The van der Waals surface area contributed by atoms with Crippen LogP contribution < -0.4 is 4.90 Å². The van der Waals surface area contributed by atoms with Gasteiger partial charge in [0.1, 0.15) is 0 Å². The minimum atomic E-state index is 0.0218. The number of morpholine rings is 1. The van der Waals surface area contributed by atoms with E-state index in [1.807, 2.05) is 13.8 Å². The van der Waals surface area contributed by atoms with Gasteiger partial charge in [-0.05, 0) is 20.8 Å². The van der Waals surface area contributed by atoms with Gasteiger partial charge in [-0.3, -0.25) is 4.79 Å². The van der Waals surface area contributed by atoms with E-state index in [0.717, 1.165) is 24.5 Å². The van der Waals surface area contributed by atoms with Crippen LogP contribution in [0.5, 0.6) is 0 Å². The van der Waals surface area contributed by atoms with Crippen molar-refractivity contribution in [1.82, 2.24) is 9.97 Å². The number of hydrogen-bond donors (Lipinski definition) is 0. The SMILES string of the molecule is CC(=O)c1c(C)nc(N2CCOCC2)nc1C. The Bertz CT molecular complexity index is 416. The number of aromatic nitrogens is 2. The molecule has 0 unspecified atom stereocenters. The highest BCUT2D eigenvalue weighted by Crippen LogP contribution is 2.16. The van der Waals surface area contributed by atoms with Crippen LogP contribution in [0.15, 0.2) is 0 Å². The zero-order valence-corrected chi connectivity index (χ0v) is 10.5. The topological polar surface area (TPSA) is 55.3 Å². The lowest BCUT2D eigenvalue weighted by atomic mass is 10.1. The standard InChI is InChI=1S/C12H17N3O2/c1-8-11(10(3)16)9(2)14-12(13-8)15-4-6-17-7-5-15/h4-7H2,1-3H3. The Morgan fingerprint density at radius 1 is 1.18 bits per heavy atom. The third-order valence-electron chi connectivity index (χ3n) is 2.91. The summed E-state index contributed by atoms with van der Waals surface area (Å²) in [6.45, 7) is 8.28. The van der Waals surface area contributed by atoms with Gasteiger partial charge in [0.25, 0.3) is 0 Å². The van der Waals surface area contributed by atoms with Gasteiger partial charge in [-0.25, -0.2) is 9.97 Å². The minimum Gasteiger partial charge on any atom is -0.378 e. The average Bonchev–Trinajstić information content (AvgIpc) is 2.28. The number of carbonyl (C=O) groups is 1. The summed E-state index contributed by atoms with van der Waals surface area (Å²) in [4.78, 5) is 22.4. The molecule has 1 aliphatic heterocycles. The van der Waals surface area contributed by atoms with Crippen LogP contribution in [0.4, 0.5) is 5.95 Å². The van der Waals surface area contributed by atoms with Crippen molar-refractivity contribution < 1.29 is 9.53 Å². The van der Waals surface area contributed by atoms with Gasteiger partial charge in [-0.2, -0.15) is 0 Å². The highest BCUT2D eigenvalue weighted by atomic mass is 16.5. The van der Waals surface area contributed by atoms with Crippen molar-refractivity contribution in [2.75, 3.05) is 31.2 Å². The number of ether oxygens (including phenoxy) is 1. The maximum atomic E-state index is 11.5. The monoisotopic (exact) mass is 235 g/mol. The zero-order chi connectivity index (χ0) is 12.4. The minimum absolute atomic E-state index is 0.0218. The predicted molar refractivity (Wildman–Crippen MR) is 64.5 cm³/mol. The second-order valence-corrected chi connectivity index (χ2v) is 4.23. The number of ketones is 1. The second-order valence-electron chi connectivity index (χ2n) is 4.23. The first kappa shape index (κ1) is 12.0. The van der Waals surface area contributed by atoms with Crippen molar-refractivity contribution in [2.24, 2.45) is 0 Å². The summed E-state index contributed by atoms with van der Waals surface area (Å²) in [5.74, 6) is 0.724. The number of hydrogen-bond acceptors (Lipinski definition) is 5. The molecule has 5 heteroatoms. The van der Waals surface area contributed by atoms with Crippen LogP contribution in [0.3, 0.4) is 0 Å². The summed E-state index contributed by atoms with van der Waals surface area (Å²) in [6.07, 6.45) is 0. The van der Waals surface area contributed by atoms with E-state index in [1.54, 1.807) is 6.92 Å². The molecule has 5 nitrogen and oxygen atoms in total. The third-order valence-corrected chi connectivity index (χ3v) is 2.91. The molecule has 1 fully saturated rings. The molecule has 0 spiro atoms. The van der Waals surface area contributed by atoms with Gasteiger partial charge < -0.3 is 9.64 Å². The van der Waals surface area contributed by atoms with Crippen molar-refractivity contribution in [1.29, 1.82) is 0 Å². The Labute approximate surface area is 101 Å². The normalized spacial score (nSPS) is 16.1. The lowest BCUT2D eigenvalue weighted by Gasteiger charge is -2.27. The Hall–Kier alpha value is -1.49. The van der Waals surface area contributed by atoms with E-state index in [2.05, 4.69) is 14.9 Å². The van der Waals surface area contributed by atoms with E-state index in [0.29, 0.717) is 24.7 Å². The summed E-state index contributed by atoms with van der Waals surface area (Å²) in [7, 11) is 0. The molecule has 0 radical (unpaired) electrons. The van der Waals surface area contributed by atoms with Gasteiger partial charge >= 0.3 is 0 Å². The first-order chi connectivity index (χ1) is 8.09. The van der Waals surface area contributed by atoms with Gasteiger partial charge in [-0.1, -0.05) is 0 Å². The Balaban J connectivity index is 2.34. The van der Waals surface area contributed by atoms with E-state index >= 15 is 0 Å². The van der Waals surface area contributed by atoms with Crippen molar-refractivity contribution in [2.45, 2.75) is 20.8 Å². The summed E-state index contributed by atoms with van der Waals surface area (Å²) in [5, 5.41) is 0. The predicted octanol–water partition coefficient (Wildman–Crippen LogP) is 1.13. The van der Waals surface area contributed by atoms with Gasteiger partial charge in [0, 0.05) is 13.1 Å². The quantitative estimate of drug-likeness (QED) is 0.719. The first-order valence-electron chi connectivity index (χ1n) is 5.78. The summed E-state index contributed by atoms with van der Waals surface area (Å²) < 4.78 is 5.29. The van der Waals surface area contributed by atoms with E-state index in [4.69, 9.17) is 4.74 Å². The Kier molecular flexibility index (Phi) is 3.38. The molecular formula is C12H17N3O2. The molecule has 2 heterocycles. The van der Waals surface area contributed by atoms with Crippen LogP contribution in [-0.2, 0) is 4.74 Å².